The highest BCUT2D eigenvalue weighted by molar-refractivity contribution is 8.01. The summed E-state index contributed by atoms with van der Waals surface area (Å²) in [5, 5.41) is 4.25. The van der Waals surface area contributed by atoms with Crippen LogP contribution in [0.5, 0.6) is 11.5 Å². The van der Waals surface area contributed by atoms with E-state index in [1.165, 1.54) is 10.5 Å². The van der Waals surface area contributed by atoms with Crippen molar-refractivity contribution < 1.29 is 14.3 Å². The van der Waals surface area contributed by atoms with E-state index in [0.717, 1.165) is 28.5 Å². The van der Waals surface area contributed by atoms with E-state index in [4.69, 9.17) is 9.47 Å². The number of thioether (sulfide) groups is 1. The SMILES string of the molecule is COc1cccc(C(CNC(=O)C2Cc3ccccc3S2)c2c[nH]c3ccccc23)c1OC. The first-order valence-corrected chi connectivity index (χ1v) is 11.9. The highest BCUT2D eigenvalue weighted by Gasteiger charge is 2.30. The summed E-state index contributed by atoms with van der Waals surface area (Å²) in [5.41, 5.74) is 4.39. The molecule has 2 N–H and O–H groups in total. The van der Waals surface area contributed by atoms with Gasteiger partial charge >= 0.3 is 0 Å². The van der Waals surface area contributed by atoms with Crippen molar-refractivity contribution in [1.82, 2.24) is 10.3 Å². The monoisotopic (exact) mass is 458 g/mol. The molecule has 0 bridgehead atoms. The molecule has 168 valence electrons. The van der Waals surface area contributed by atoms with Crippen molar-refractivity contribution in [2.24, 2.45) is 0 Å². The summed E-state index contributed by atoms with van der Waals surface area (Å²) in [7, 11) is 3.29. The van der Waals surface area contributed by atoms with Gasteiger partial charge < -0.3 is 19.8 Å². The van der Waals surface area contributed by atoms with Crippen molar-refractivity contribution in [2.45, 2.75) is 22.5 Å². The molecule has 3 aromatic carbocycles. The number of para-hydroxylation sites is 2. The lowest BCUT2D eigenvalue weighted by molar-refractivity contribution is -0.120. The van der Waals surface area contributed by atoms with Crippen molar-refractivity contribution in [3.63, 3.8) is 0 Å². The molecule has 5 nitrogen and oxygen atoms in total. The van der Waals surface area contributed by atoms with Crippen molar-refractivity contribution in [3.8, 4) is 11.5 Å². The molecule has 4 aromatic rings. The number of rotatable bonds is 7. The minimum absolute atomic E-state index is 0.0582. The van der Waals surface area contributed by atoms with Gasteiger partial charge in [-0.3, -0.25) is 4.79 Å². The van der Waals surface area contributed by atoms with Gasteiger partial charge in [-0.15, -0.1) is 11.8 Å². The minimum atomic E-state index is -0.113. The molecule has 1 amide bonds. The van der Waals surface area contributed by atoms with Crippen LogP contribution >= 0.6 is 11.8 Å². The van der Waals surface area contributed by atoms with Gasteiger partial charge in [-0.2, -0.15) is 0 Å². The van der Waals surface area contributed by atoms with Crippen molar-refractivity contribution >= 4 is 28.6 Å². The fourth-order valence-electron chi connectivity index (χ4n) is 4.60. The van der Waals surface area contributed by atoms with Crippen LogP contribution in [-0.2, 0) is 11.2 Å². The number of methoxy groups -OCH3 is 2. The second kappa shape index (κ2) is 9.24. The van der Waals surface area contributed by atoms with Crippen molar-refractivity contribution in [3.05, 3.63) is 89.6 Å². The van der Waals surface area contributed by atoms with Crippen LogP contribution in [-0.4, -0.2) is 36.9 Å². The zero-order chi connectivity index (χ0) is 22.8. The van der Waals surface area contributed by atoms with Gasteiger partial charge in [0.05, 0.1) is 19.5 Å². The van der Waals surface area contributed by atoms with E-state index in [1.807, 2.05) is 48.7 Å². The molecule has 0 aliphatic carbocycles. The van der Waals surface area contributed by atoms with E-state index in [1.54, 1.807) is 26.0 Å². The second-order valence-electron chi connectivity index (χ2n) is 8.09. The van der Waals surface area contributed by atoms with Gasteiger partial charge in [0.1, 0.15) is 0 Å². The van der Waals surface area contributed by atoms with E-state index in [9.17, 15) is 4.79 Å². The molecule has 0 saturated heterocycles. The van der Waals surface area contributed by atoms with E-state index >= 15 is 0 Å². The van der Waals surface area contributed by atoms with Gasteiger partial charge in [-0.25, -0.2) is 0 Å². The van der Waals surface area contributed by atoms with Crippen molar-refractivity contribution in [2.75, 3.05) is 20.8 Å². The number of benzene rings is 3. The summed E-state index contributed by atoms with van der Waals surface area (Å²) in [6, 6.07) is 22.3. The van der Waals surface area contributed by atoms with Crippen LogP contribution in [0.2, 0.25) is 0 Å². The van der Waals surface area contributed by atoms with Crippen LogP contribution in [0.1, 0.15) is 22.6 Å². The van der Waals surface area contributed by atoms with Crippen molar-refractivity contribution in [1.29, 1.82) is 0 Å². The molecule has 2 atom stereocenters. The number of aromatic amines is 1. The number of hydrogen-bond donors (Lipinski definition) is 2. The number of hydrogen-bond acceptors (Lipinski definition) is 4. The first kappa shape index (κ1) is 21.5. The summed E-state index contributed by atoms with van der Waals surface area (Å²) < 4.78 is 11.3. The Labute approximate surface area is 197 Å². The summed E-state index contributed by atoms with van der Waals surface area (Å²) in [4.78, 5) is 17.7. The number of H-pyrrole nitrogens is 1. The second-order valence-corrected chi connectivity index (χ2v) is 9.33. The number of fused-ring (bicyclic) bond motifs is 2. The number of amides is 1. The molecule has 0 fully saturated rings. The Morgan fingerprint density at radius 1 is 1.03 bits per heavy atom. The lowest BCUT2D eigenvalue weighted by Crippen LogP contribution is -2.35. The van der Waals surface area contributed by atoms with E-state index in [2.05, 4.69) is 34.6 Å². The van der Waals surface area contributed by atoms with Crippen LogP contribution in [0.4, 0.5) is 0 Å². The Morgan fingerprint density at radius 2 is 1.85 bits per heavy atom. The van der Waals surface area contributed by atoms with Gasteiger partial charge in [0, 0.05) is 40.0 Å². The Kier molecular flexibility index (Phi) is 6.01. The van der Waals surface area contributed by atoms with Crippen LogP contribution in [0.3, 0.4) is 0 Å². The van der Waals surface area contributed by atoms with E-state index in [-0.39, 0.29) is 17.1 Å². The smallest absolute Gasteiger partial charge is 0.233 e. The maximum Gasteiger partial charge on any atom is 0.233 e. The number of ether oxygens (including phenoxy) is 2. The molecule has 1 aliphatic heterocycles. The highest BCUT2D eigenvalue weighted by Crippen LogP contribution is 2.41. The third-order valence-electron chi connectivity index (χ3n) is 6.23. The molecular formula is C27H26N2O3S. The van der Waals surface area contributed by atoms with Crippen LogP contribution in [0.15, 0.2) is 77.8 Å². The molecule has 2 unspecified atom stereocenters. The third-order valence-corrected chi connectivity index (χ3v) is 7.54. The van der Waals surface area contributed by atoms with Gasteiger partial charge in [-0.1, -0.05) is 48.5 Å². The third kappa shape index (κ3) is 4.07. The van der Waals surface area contributed by atoms with Crippen LogP contribution in [0, 0.1) is 0 Å². The number of carbonyl (C=O) groups is 1. The largest absolute Gasteiger partial charge is 0.493 e. The van der Waals surface area contributed by atoms with E-state index < -0.39 is 0 Å². The molecule has 0 radical (unpaired) electrons. The highest BCUT2D eigenvalue weighted by atomic mass is 32.2. The summed E-state index contributed by atoms with van der Waals surface area (Å²) in [6.07, 6.45) is 2.79. The molecule has 1 aliphatic rings. The molecule has 33 heavy (non-hydrogen) atoms. The van der Waals surface area contributed by atoms with E-state index in [0.29, 0.717) is 18.0 Å². The topological polar surface area (TPSA) is 63.3 Å². The zero-order valence-corrected chi connectivity index (χ0v) is 19.4. The minimum Gasteiger partial charge on any atom is -0.493 e. The van der Waals surface area contributed by atoms with Crippen LogP contribution < -0.4 is 14.8 Å². The zero-order valence-electron chi connectivity index (χ0n) is 18.6. The quantitative estimate of drug-likeness (QED) is 0.402. The van der Waals surface area contributed by atoms with Gasteiger partial charge in [0.2, 0.25) is 5.91 Å². The number of nitrogens with one attached hydrogen (secondary N) is 2. The molecule has 0 spiro atoms. The summed E-state index contributed by atoms with van der Waals surface area (Å²) >= 11 is 1.64. The Bertz CT molecular complexity index is 1270. The first-order valence-electron chi connectivity index (χ1n) is 11.0. The summed E-state index contributed by atoms with van der Waals surface area (Å²) in [5.74, 6) is 1.31. The average Bonchev–Trinajstić information content (AvgIpc) is 3.48. The fourth-order valence-corrected chi connectivity index (χ4v) is 5.82. The fraction of sp³-hybridized carbons (Fsp3) is 0.222. The first-order chi connectivity index (χ1) is 16.2. The molecule has 0 saturated carbocycles. The van der Waals surface area contributed by atoms with Gasteiger partial charge in [0.15, 0.2) is 11.5 Å². The predicted octanol–water partition coefficient (Wildman–Crippen LogP) is 5.15. The maximum absolute atomic E-state index is 13.2. The molecule has 1 aromatic heterocycles. The Balaban J connectivity index is 1.46. The standard InChI is InChI=1S/C27H26N2O3S/c1-31-23-12-7-10-19(26(23)32-2)21(20-15-28-22-11-5-4-9-18(20)22)16-29-27(30)25-14-17-8-3-6-13-24(17)33-25/h3-13,15,21,25,28H,14,16H2,1-2H3,(H,29,30). The Morgan fingerprint density at radius 3 is 2.67 bits per heavy atom. The lowest BCUT2D eigenvalue weighted by Gasteiger charge is -2.22. The molecule has 2 heterocycles. The molecule has 5 rings (SSSR count). The number of aromatic nitrogens is 1. The van der Waals surface area contributed by atoms with Crippen LogP contribution in [0.25, 0.3) is 10.9 Å². The lowest BCUT2D eigenvalue weighted by atomic mass is 9.89. The van der Waals surface area contributed by atoms with Gasteiger partial charge in [0.25, 0.3) is 0 Å². The summed E-state index contributed by atoms with van der Waals surface area (Å²) in [6.45, 7) is 0.456. The molecule has 6 heteroatoms. The normalized spacial score (nSPS) is 15.8. The molecular weight excluding hydrogens is 432 g/mol. The van der Waals surface area contributed by atoms with Gasteiger partial charge in [-0.05, 0) is 35.7 Å². The maximum atomic E-state index is 13.2. The predicted molar refractivity (Wildman–Crippen MR) is 132 cm³/mol. The number of carbonyl (C=O) groups excluding carboxylic acids is 1. The average molecular weight is 459 g/mol. The Hall–Kier alpha value is -3.38.